The minimum atomic E-state index is -1.45. The molecule has 0 saturated carbocycles. The van der Waals surface area contributed by atoms with Crippen molar-refractivity contribution in [1.82, 2.24) is 5.32 Å². The number of aliphatic hydroxyl groups excluding tert-OH is 7. The van der Waals surface area contributed by atoms with Crippen LogP contribution in [0.2, 0.25) is 0 Å². The van der Waals surface area contributed by atoms with Crippen LogP contribution in [-0.4, -0.2) is 154 Å². The minimum absolute atomic E-state index is 0.0334. The quantitative estimate of drug-likeness (QED) is 0.0868. The fraction of sp³-hybridized carbons (Fsp3) is 0.955. The number of nitrogens with one attached hydrogen (secondary N) is 1. The zero-order valence-corrected chi connectivity index (χ0v) is 21.8. The Hall–Kier alpha value is -1.13. The van der Waals surface area contributed by atoms with E-state index in [1.54, 1.807) is 6.92 Å². The van der Waals surface area contributed by atoms with E-state index in [0.29, 0.717) is 0 Å². The molecule has 11 unspecified atom stereocenters. The Kier molecular flexibility index (Phi) is 13.8. The molecule has 17 heteroatoms. The van der Waals surface area contributed by atoms with Gasteiger partial charge in [0.25, 0.3) is 0 Å². The van der Waals surface area contributed by atoms with Crippen molar-refractivity contribution in [1.29, 1.82) is 0 Å². The molecule has 2 rings (SSSR count). The molecular weight excluding hydrogens is 526 g/mol. The van der Waals surface area contributed by atoms with Crippen LogP contribution in [0, 0.1) is 0 Å². The summed E-state index contributed by atoms with van der Waals surface area (Å²) in [5.74, 6) is -0.818. The maximum atomic E-state index is 12.5. The molecule has 14 atom stereocenters. The summed E-state index contributed by atoms with van der Waals surface area (Å²) in [6.07, 6.45) is -14.0. The predicted molar refractivity (Wildman–Crippen MR) is 132 cm³/mol. The Morgan fingerprint density at radius 1 is 1.00 bits per heavy atom. The molecule has 2 fully saturated rings. The number of carbonyl (C=O) groups excluding carboxylic acids is 1. The molecule has 0 radical (unpaired) electrons. The lowest BCUT2D eigenvalue weighted by Crippen LogP contribution is -2.63. The zero-order chi connectivity index (χ0) is 29.4. The first-order valence-electron chi connectivity index (χ1n) is 12.8. The monoisotopic (exact) mass is 571 g/mol. The molecule has 0 aromatic rings. The van der Waals surface area contributed by atoms with E-state index in [4.69, 9.17) is 41.9 Å². The second-order valence-corrected chi connectivity index (χ2v) is 9.89. The number of hydrogen-bond donors (Lipinski definition) is 12. The second kappa shape index (κ2) is 15.8. The Balaban J connectivity index is 2.05. The summed E-state index contributed by atoms with van der Waals surface area (Å²) in [6, 6.07) is -3.15. The van der Waals surface area contributed by atoms with E-state index >= 15 is 0 Å². The molecular formula is C22H45N5O12. The van der Waals surface area contributed by atoms with Gasteiger partial charge >= 0.3 is 0 Å². The van der Waals surface area contributed by atoms with Crippen molar-refractivity contribution < 1.29 is 59.5 Å². The van der Waals surface area contributed by atoms with Crippen molar-refractivity contribution in [2.75, 3.05) is 26.3 Å². The molecule has 0 spiro atoms. The van der Waals surface area contributed by atoms with Gasteiger partial charge in [0.05, 0.1) is 37.5 Å². The molecule has 2 heterocycles. The van der Waals surface area contributed by atoms with Crippen molar-refractivity contribution in [3.05, 3.63) is 0 Å². The number of ether oxygens (including phenoxy) is 4. The highest BCUT2D eigenvalue weighted by atomic mass is 16.7. The Bertz CT molecular complexity index is 742. The van der Waals surface area contributed by atoms with E-state index in [1.165, 1.54) is 0 Å². The van der Waals surface area contributed by atoms with Crippen molar-refractivity contribution in [2.45, 2.75) is 105 Å². The molecule has 2 aliphatic rings. The normalized spacial score (nSPS) is 37.2. The number of amides is 1. The minimum Gasteiger partial charge on any atom is -0.394 e. The van der Waals surface area contributed by atoms with Crippen LogP contribution in [0.25, 0.3) is 0 Å². The SMILES string of the molecule is C[C@H](OC1OC(CO)C(O)C(O)C1N)C(N)CC(NC(=O)[C@@H](O)CCN)[C@@H](O)COC1OC(CN)C(O)C1O. The molecule has 2 saturated heterocycles. The molecule has 0 aromatic carbocycles. The third-order valence-electron chi connectivity index (χ3n) is 6.92. The van der Waals surface area contributed by atoms with Crippen molar-refractivity contribution in [3.8, 4) is 0 Å². The lowest BCUT2D eigenvalue weighted by Gasteiger charge is -2.42. The van der Waals surface area contributed by atoms with Gasteiger partial charge in [-0.2, -0.15) is 0 Å². The maximum Gasteiger partial charge on any atom is 0.249 e. The van der Waals surface area contributed by atoms with Crippen LogP contribution in [0.15, 0.2) is 0 Å². The Morgan fingerprint density at radius 2 is 1.62 bits per heavy atom. The van der Waals surface area contributed by atoms with Gasteiger partial charge in [0.2, 0.25) is 5.91 Å². The van der Waals surface area contributed by atoms with Crippen molar-refractivity contribution in [3.63, 3.8) is 0 Å². The van der Waals surface area contributed by atoms with Crippen LogP contribution in [-0.2, 0) is 23.7 Å². The Labute approximate surface area is 225 Å². The van der Waals surface area contributed by atoms with Gasteiger partial charge in [-0.05, 0) is 26.3 Å². The number of aliphatic hydroxyl groups is 7. The largest absolute Gasteiger partial charge is 0.394 e. The van der Waals surface area contributed by atoms with Crippen molar-refractivity contribution >= 4 is 5.91 Å². The lowest BCUT2D eigenvalue weighted by atomic mass is 9.97. The molecule has 2 aliphatic heterocycles. The molecule has 0 bridgehead atoms. The molecule has 0 aliphatic carbocycles. The van der Waals surface area contributed by atoms with Crippen LogP contribution in [0.3, 0.4) is 0 Å². The first-order chi connectivity index (χ1) is 18.4. The van der Waals surface area contributed by atoms with E-state index in [1.807, 2.05) is 0 Å². The maximum absolute atomic E-state index is 12.5. The average Bonchev–Trinajstić information content (AvgIpc) is 3.19. The van der Waals surface area contributed by atoms with Gasteiger partial charge in [-0.1, -0.05) is 0 Å². The molecule has 39 heavy (non-hydrogen) atoms. The van der Waals surface area contributed by atoms with E-state index in [0.717, 1.165) is 0 Å². The summed E-state index contributed by atoms with van der Waals surface area (Å²) >= 11 is 0. The first-order valence-corrected chi connectivity index (χ1v) is 12.8. The topological polar surface area (TPSA) is 312 Å². The second-order valence-electron chi connectivity index (χ2n) is 9.89. The summed E-state index contributed by atoms with van der Waals surface area (Å²) in [4.78, 5) is 12.5. The summed E-state index contributed by atoms with van der Waals surface area (Å²) < 4.78 is 21.9. The van der Waals surface area contributed by atoms with Crippen LogP contribution < -0.4 is 28.3 Å². The van der Waals surface area contributed by atoms with E-state index < -0.39 is 105 Å². The third kappa shape index (κ3) is 8.93. The molecule has 17 nitrogen and oxygen atoms in total. The van der Waals surface area contributed by atoms with Gasteiger partial charge in [-0.25, -0.2) is 0 Å². The van der Waals surface area contributed by atoms with E-state index in [2.05, 4.69) is 5.32 Å². The van der Waals surface area contributed by atoms with Crippen LogP contribution in [0.5, 0.6) is 0 Å². The van der Waals surface area contributed by atoms with Crippen LogP contribution >= 0.6 is 0 Å². The Morgan fingerprint density at radius 3 is 2.18 bits per heavy atom. The van der Waals surface area contributed by atoms with E-state index in [9.17, 15) is 40.5 Å². The average molecular weight is 572 g/mol. The molecule has 16 N–H and O–H groups in total. The predicted octanol–water partition coefficient (Wildman–Crippen LogP) is -7.15. The van der Waals surface area contributed by atoms with Gasteiger partial charge in [-0.3, -0.25) is 4.79 Å². The van der Waals surface area contributed by atoms with Crippen molar-refractivity contribution in [2.24, 2.45) is 22.9 Å². The summed E-state index contributed by atoms with van der Waals surface area (Å²) in [5, 5.41) is 72.9. The highest BCUT2D eigenvalue weighted by Crippen LogP contribution is 2.24. The van der Waals surface area contributed by atoms with Gasteiger partial charge in [-0.15, -0.1) is 0 Å². The highest BCUT2D eigenvalue weighted by molar-refractivity contribution is 5.80. The molecule has 230 valence electrons. The number of nitrogens with two attached hydrogens (primary N) is 4. The smallest absolute Gasteiger partial charge is 0.249 e. The van der Waals surface area contributed by atoms with Crippen LogP contribution in [0.4, 0.5) is 0 Å². The number of carbonyl (C=O) groups is 1. The molecule has 0 aromatic heterocycles. The van der Waals surface area contributed by atoms with Gasteiger partial charge in [0, 0.05) is 12.6 Å². The number of hydrogen-bond acceptors (Lipinski definition) is 16. The number of rotatable bonds is 15. The standard InChI is InChI=1S/C22H45N5O12/c1-8(37-21-15(26)18(33)17(32)14(6-28)39-21)9(25)4-10(27-20(35)11(29)2-3-23)12(30)7-36-22-19(34)16(31)13(5-24)38-22/h8-19,21-22,28-34H,2-7,23-26H2,1H3,(H,27,35)/t8-,9?,10?,11-,12-,13?,14?,15?,16?,17?,18?,19?,21?,22?/m0/s1. The highest BCUT2D eigenvalue weighted by Gasteiger charge is 2.45. The van der Waals surface area contributed by atoms with E-state index in [-0.39, 0.29) is 25.9 Å². The molecule has 1 amide bonds. The fourth-order valence-electron chi connectivity index (χ4n) is 4.26. The van der Waals surface area contributed by atoms with Gasteiger partial charge < -0.3 is 82.9 Å². The summed E-state index contributed by atoms with van der Waals surface area (Å²) in [7, 11) is 0. The zero-order valence-electron chi connectivity index (χ0n) is 21.8. The fourth-order valence-corrected chi connectivity index (χ4v) is 4.26. The summed E-state index contributed by atoms with van der Waals surface area (Å²) in [6.45, 7) is 0.445. The lowest BCUT2D eigenvalue weighted by molar-refractivity contribution is -0.277. The van der Waals surface area contributed by atoms with Gasteiger partial charge in [0.15, 0.2) is 12.6 Å². The van der Waals surface area contributed by atoms with Gasteiger partial charge in [0.1, 0.15) is 42.7 Å². The summed E-state index contributed by atoms with van der Waals surface area (Å²) in [5.41, 5.74) is 23.1. The first kappa shape index (κ1) is 34.1. The van der Waals surface area contributed by atoms with Crippen LogP contribution in [0.1, 0.15) is 19.8 Å². The third-order valence-corrected chi connectivity index (χ3v) is 6.92.